The number of rotatable bonds is 8. The Kier molecular flexibility index (Phi) is 6.20. The smallest absolute Gasteiger partial charge is 0.135 e. The Balaban J connectivity index is 1.56. The van der Waals surface area contributed by atoms with Crippen LogP contribution in [-0.2, 0) is 6.42 Å². The van der Waals surface area contributed by atoms with Crippen LogP contribution in [-0.4, -0.2) is 22.6 Å². The molecule has 0 aliphatic rings. The number of hydrogen-bond acceptors (Lipinski definition) is 5. The van der Waals surface area contributed by atoms with Crippen molar-refractivity contribution in [2.24, 2.45) is 0 Å². The van der Waals surface area contributed by atoms with Gasteiger partial charge in [-0.2, -0.15) is 0 Å². The Morgan fingerprint density at radius 2 is 1.74 bits per heavy atom. The standard InChI is InChI=1S/C21H23FN4O/c1-15(2)27-18-9-7-17(8-10-18)26-21-13-20(24-14-25-21)23-12-11-16-5-3-4-6-19(16)22/h3-10,13-15H,11-12H2,1-2H3,(H2,23,24,25,26). The molecule has 2 aromatic carbocycles. The summed E-state index contributed by atoms with van der Waals surface area (Å²) in [5.74, 6) is 2.00. The van der Waals surface area contributed by atoms with Gasteiger partial charge in [0.05, 0.1) is 6.10 Å². The third-order valence-electron chi connectivity index (χ3n) is 3.82. The van der Waals surface area contributed by atoms with Crippen molar-refractivity contribution >= 4 is 17.3 Å². The lowest BCUT2D eigenvalue weighted by Gasteiger charge is -2.11. The molecule has 2 N–H and O–H groups in total. The molecular weight excluding hydrogens is 343 g/mol. The number of aromatic nitrogens is 2. The molecule has 27 heavy (non-hydrogen) atoms. The molecule has 0 saturated heterocycles. The Morgan fingerprint density at radius 3 is 2.48 bits per heavy atom. The van der Waals surface area contributed by atoms with Crippen LogP contribution in [0.5, 0.6) is 5.75 Å². The molecule has 0 fully saturated rings. The first kappa shape index (κ1) is 18.6. The highest BCUT2D eigenvalue weighted by Crippen LogP contribution is 2.20. The molecule has 0 atom stereocenters. The van der Waals surface area contributed by atoms with Gasteiger partial charge in [0, 0.05) is 18.3 Å². The van der Waals surface area contributed by atoms with E-state index in [0.717, 1.165) is 11.4 Å². The molecule has 3 rings (SSSR count). The summed E-state index contributed by atoms with van der Waals surface area (Å²) < 4.78 is 19.3. The van der Waals surface area contributed by atoms with Gasteiger partial charge in [-0.15, -0.1) is 0 Å². The summed E-state index contributed by atoms with van der Waals surface area (Å²) in [5, 5.41) is 6.43. The Hall–Kier alpha value is -3.15. The second-order valence-electron chi connectivity index (χ2n) is 6.37. The fraction of sp³-hybridized carbons (Fsp3) is 0.238. The summed E-state index contributed by atoms with van der Waals surface area (Å²) in [6.07, 6.45) is 2.21. The van der Waals surface area contributed by atoms with Crippen molar-refractivity contribution in [3.8, 4) is 5.75 Å². The summed E-state index contributed by atoms with van der Waals surface area (Å²) in [7, 11) is 0. The lowest BCUT2D eigenvalue weighted by molar-refractivity contribution is 0.242. The Morgan fingerprint density at radius 1 is 1.00 bits per heavy atom. The van der Waals surface area contributed by atoms with Gasteiger partial charge in [-0.3, -0.25) is 0 Å². The van der Waals surface area contributed by atoms with E-state index in [1.807, 2.05) is 50.2 Å². The molecule has 1 heterocycles. The van der Waals surface area contributed by atoms with Crippen molar-refractivity contribution in [1.82, 2.24) is 9.97 Å². The maximum atomic E-state index is 13.6. The number of hydrogen-bond donors (Lipinski definition) is 2. The molecule has 0 saturated carbocycles. The van der Waals surface area contributed by atoms with Gasteiger partial charge in [0.25, 0.3) is 0 Å². The van der Waals surface area contributed by atoms with Crippen molar-refractivity contribution in [3.05, 3.63) is 72.3 Å². The molecule has 0 aliphatic carbocycles. The Bertz CT molecular complexity index is 868. The predicted molar refractivity (Wildman–Crippen MR) is 106 cm³/mol. The monoisotopic (exact) mass is 366 g/mol. The molecule has 3 aromatic rings. The van der Waals surface area contributed by atoms with E-state index in [4.69, 9.17) is 4.74 Å². The van der Waals surface area contributed by atoms with Crippen molar-refractivity contribution in [2.75, 3.05) is 17.2 Å². The zero-order chi connectivity index (χ0) is 19.1. The summed E-state index contributed by atoms with van der Waals surface area (Å²) in [4.78, 5) is 8.44. The fourth-order valence-electron chi connectivity index (χ4n) is 2.59. The second-order valence-corrected chi connectivity index (χ2v) is 6.37. The highest BCUT2D eigenvalue weighted by atomic mass is 19.1. The van der Waals surface area contributed by atoms with Crippen molar-refractivity contribution in [1.29, 1.82) is 0 Å². The number of anilines is 3. The van der Waals surface area contributed by atoms with Gasteiger partial charge < -0.3 is 15.4 Å². The normalized spacial score (nSPS) is 10.7. The zero-order valence-electron chi connectivity index (χ0n) is 15.4. The van der Waals surface area contributed by atoms with Crippen LogP contribution in [0.4, 0.5) is 21.7 Å². The zero-order valence-corrected chi connectivity index (χ0v) is 15.4. The summed E-state index contributed by atoms with van der Waals surface area (Å²) >= 11 is 0. The molecule has 6 heteroatoms. The maximum Gasteiger partial charge on any atom is 0.135 e. The minimum absolute atomic E-state index is 0.142. The maximum absolute atomic E-state index is 13.6. The molecule has 1 aromatic heterocycles. The van der Waals surface area contributed by atoms with E-state index >= 15 is 0 Å². The lowest BCUT2D eigenvalue weighted by atomic mass is 10.1. The minimum atomic E-state index is -0.186. The average molecular weight is 366 g/mol. The third-order valence-corrected chi connectivity index (χ3v) is 3.82. The topological polar surface area (TPSA) is 59.1 Å². The summed E-state index contributed by atoms with van der Waals surface area (Å²) in [5.41, 5.74) is 1.59. The van der Waals surface area contributed by atoms with Crippen LogP contribution in [0, 0.1) is 5.82 Å². The highest BCUT2D eigenvalue weighted by molar-refractivity contribution is 5.59. The first-order valence-corrected chi connectivity index (χ1v) is 8.93. The van der Waals surface area contributed by atoms with Gasteiger partial charge in [-0.05, 0) is 56.2 Å². The van der Waals surface area contributed by atoms with Crippen LogP contribution in [0.15, 0.2) is 60.9 Å². The number of halogens is 1. The van der Waals surface area contributed by atoms with Crippen LogP contribution in [0.2, 0.25) is 0 Å². The molecule has 0 unspecified atom stereocenters. The summed E-state index contributed by atoms with van der Waals surface area (Å²) in [6, 6.07) is 16.3. The Labute approximate surface area is 158 Å². The van der Waals surface area contributed by atoms with E-state index in [2.05, 4.69) is 20.6 Å². The van der Waals surface area contributed by atoms with E-state index in [0.29, 0.717) is 30.2 Å². The SMILES string of the molecule is CC(C)Oc1ccc(Nc2cc(NCCc3ccccc3F)ncn2)cc1. The predicted octanol–water partition coefficient (Wildman–Crippen LogP) is 4.80. The highest BCUT2D eigenvalue weighted by Gasteiger charge is 2.03. The molecular formula is C21H23FN4O. The molecule has 0 amide bonds. The van der Waals surface area contributed by atoms with E-state index in [-0.39, 0.29) is 11.9 Å². The fourth-order valence-corrected chi connectivity index (χ4v) is 2.59. The van der Waals surface area contributed by atoms with Crippen molar-refractivity contribution in [3.63, 3.8) is 0 Å². The van der Waals surface area contributed by atoms with Gasteiger partial charge in [-0.25, -0.2) is 14.4 Å². The third kappa shape index (κ3) is 5.67. The van der Waals surface area contributed by atoms with E-state index in [1.54, 1.807) is 12.1 Å². The first-order valence-electron chi connectivity index (χ1n) is 8.93. The van der Waals surface area contributed by atoms with Crippen LogP contribution < -0.4 is 15.4 Å². The van der Waals surface area contributed by atoms with Gasteiger partial charge in [0.15, 0.2) is 0 Å². The van der Waals surface area contributed by atoms with Crippen LogP contribution in [0.25, 0.3) is 0 Å². The molecule has 140 valence electrons. The van der Waals surface area contributed by atoms with Crippen molar-refractivity contribution in [2.45, 2.75) is 26.4 Å². The average Bonchev–Trinajstić information content (AvgIpc) is 2.65. The minimum Gasteiger partial charge on any atom is -0.491 e. The van der Waals surface area contributed by atoms with Gasteiger partial charge in [0.1, 0.15) is 29.5 Å². The lowest BCUT2D eigenvalue weighted by Crippen LogP contribution is -2.08. The van der Waals surface area contributed by atoms with Crippen LogP contribution in [0.3, 0.4) is 0 Å². The number of nitrogens with one attached hydrogen (secondary N) is 2. The van der Waals surface area contributed by atoms with Gasteiger partial charge >= 0.3 is 0 Å². The second kappa shape index (κ2) is 8.98. The molecule has 0 spiro atoms. The van der Waals surface area contributed by atoms with E-state index < -0.39 is 0 Å². The van der Waals surface area contributed by atoms with Gasteiger partial charge in [-0.1, -0.05) is 18.2 Å². The number of nitrogens with zero attached hydrogens (tertiary/aromatic N) is 2. The molecule has 0 bridgehead atoms. The first-order chi connectivity index (χ1) is 13.1. The quantitative estimate of drug-likeness (QED) is 0.600. The van der Waals surface area contributed by atoms with Crippen LogP contribution >= 0.6 is 0 Å². The van der Waals surface area contributed by atoms with E-state index in [9.17, 15) is 4.39 Å². The number of benzene rings is 2. The van der Waals surface area contributed by atoms with Crippen molar-refractivity contribution < 1.29 is 9.13 Å². The summed E-state index contributed by atoms with van der Waals surface area (Å²) in [6.45, 7) is 4.57. The largest absolute Gasteiger partial charge is 0.491 e. The van der Waals surface area contributed by atoms with Crippen LogP contribution in [0.1, 0.15) is 19.4 Å². The molecule has 0 aliphatic heterocycles. The molecule has 5 nitrogen and oxygen atoms in total. The molecule has 0 radical (unpaired) electrons. The number of ether oxygens (including phenoxy) is 1. The van der Waals surface area contributed by atoms with Gasteiger partial charge in [0.2, 0.25) is 0 Å². The van der Waals surface area contributed by atoms with E-state index in [1.165, 1.54) is 12.4 Å².